The van der Waals surface area contributed by atoms with Crippen LogP contribution in [0.15, 0.2) is 18.2 Å². The van der Waals surface area contributed by atoms with Crippen molar-refractivity contribution in [3.8, 4) is 5.75 Å². The Morgan fingerprint density at radius 1 is 1.50 bits per heavy atom. The Morgan fingerprint density at radius 3 is 2.83 bits per heavy atom. The highest BCUT2D eigenvalue weighted by molar-refractivity contribution is 5.48. The summed E-state index contributed by atoms with van der Waals surface area (Å²) in [6.45, 7) is 0. The zero-order chi connectivity index (χ0) is 13.1. The van der Waals surface area contributed by atoms with Gasteiger partial charge in [-0.3, -0.25) is 10.1 Å². The van der Waals surface area contributed by atoms with Gasteiger partial charge in [0, 0.05) is 12.1 Å². The standard InChI is InChI=1S/C13H18N2O3/c1-18-13-6-5-9(8-12(13)15(16)17)7-10-3-2-4-11(10)14/h5-6,8,10-11H,2-4,7,14H2,1H3. The van der Waals surface area contributed by atoms with Gasteiger partial charge in [0.15, 0.2) is 5.75 Å². The van der Waals surface area contributed by atoms with E-state index in [-0.39, 0.29) is 11.7 Å². The Labute approximate surface area is 106 Å². The van der Waals surface area contributed by atoms with Crippen LogP contribution in [0.2, 0.25) is 0 Å². The van der Waals surface area contributed by atoms with E-state index in [2.05, 4.69) is 0 Å². The Bertz CT molecular complexity index is 448. The van der Waals surface area contributed by atoms with Crippen LogP contribution in [0.3, 0.4) is 0 Å². The summed E-state index contributed by atoms with van der Waals surface area (Å²) in [4.78, 5) is 10.5. The van der Waals surface area contributed by atoms with Gasteiger partial charge >= 0.3 is 5.69 Å². The van der Waals surface area contributed by atoms with Crippen LogP contribution in [0.4, 0.5) is 5.69 Å². The van der Waals surface area contributed by atoms with Crippen LogP contribution in [0.5, 0.6) is 5.75 Å². The third-order valence-corrected chi connectivity index (χ3v) is 3.66. The minimum atomic E-state index is -0.406. The van der Waals surface area contributed by atoms with Gasteiger partial charge < -0.3 is 10.5 Å². The van der Waals surface area contributed by atoms with Gasteiger partial charge in [-0.2, -0.15) is 0 Å². The van der Waals surface area contributed by atoms with E-state index in [4.69, 9.17) is 10.5 Å². The minimum absolute atomic E-state index is 0.0292. The summed E-state index contributed by atoms with van der Waals surface area (Å²) in [5, 5.41) is 10.9. The molecule has 1 aliphatic carbocycles. The molecule has 0 radical (unpaired) electrons. The molecule has 1 fully saturated rings. The van der Waals surface area contributed by atoms with Gasteiger partial charge in [-0.1, -0.05) is 12.5 Å². The third-order valence-electron chi connectivity index (χ3n) is 3.66. The number of rotatable bonds is 4. The van der Waals surface area contributed by atoms with Crippen molar-refractivity contribution in [2.24, 2.45) is 11.7 Å². The molecule has 0 heterocycles. The van der Waals surface area contributed by atoms with Crippen molar-refractivity contribution in [2.45, 2.75) is 31.7 Å². The highest BCUT2D eigenvalue weighted by Crippen LogP contribution is 2.31. The van der Waals surface area contributed by atoms with E-state index >= 15 is 0 Å². The number of nitro benzene ring substituents is 1. The van der Waals surface area contributed by atoms with Crippen molar-refractivity contribution in [3.05, 3.63) is 33.9 Å². The zero-order valence-corrected chi connectivity index (χ0v) is 10.5. The van der Waals surface area contributed by atoms with Gasteiger partial charge in [-0.05, 0) is 36.8 Å². The molecule has 2 atom stereocenters. The molecule has 5 heteroatoms. The summed E-state index contributed by atoms with van der Waals surface area (Å²) in [5.41, 5.74) is 7.01. The number of hydrogen-bond donors (Lipinski definition) is 1. The number of methoxy groups -OCH3 is 1. The van der Waals surface area contributed by atoms with Crippen LogP contribution in [0, 0.1) is 16.0 Å². The summed E-state index contributed by atoms with van der Waals surface area (Å²) in [7, 11) is 1.44. The Morgan fingerprint density at radius 2 is 2.28 bits per heavy atom. The van der Waals surface area contributed by atoms with Crippen molar-refractivity contribution < 1.29 is 9.66 Å². The lowest BCUT2D eigenvalue weighted by molar-refractivity contribution is -0.385. The van der Waals surface area contributed by atoms with Crippen molar-refractivity contribution in [1.29, 1.82) is 0 Å². The van der Waals surface area contributed by atoms with E-state index < -0.39 is 4.92 Å². The Kier molecular flexibility index (Phi) is 3.81. The van der Waals surface area contributed by atoms with E-state index in [1.54, 1.807) is 12.1 Å². The number of ether oxygens (including phenoxy) is 1. The van der Waals surface area contributed by atoms with Crippen molar-refractivity contribution in [2.75, 3.05) is 7.11 Å². The molecule has 1 aromatic carbocycles. The monoisotopic (exact) mass is 250 g/mol. The molecule has 0 saturated heterocycles. The van der Waals surface area contributed by atoms with Gasteiger partial charge in [0.2, 0.25) is 0 Å². The first-order chi connectivity index (χ1) is 8.61. The van der Waals surface area contributed by atoms with Crippen LogP contribution in [0.25, 0.3) is 0 Å². The fourth-order valence-electron chi connectivity index (χ4n) is 2.63. The molecule has 2 N–H and O–H groups in total. The van der Waals surface area contributed by atoms with Crippen LogP contribution < -0.4 is 10.5 Å². The van der Waals surface area contributed by atoms with E-state index in [0.29, 0.717) is 11.7 Å². The van der Waals surface area contributed by atoms with Crippen LogP contribution in [-0.2, 0) is 6.42 Å². The molecule has 1 aromatic rings. The SMILES string of the molecule is COc1ccc(CC2CCCC2N)cc1[N+](=O)[O-]. The first-order valence-corrected chi connectivity index (χ1v) is 6.18. The number of hydrogen-bond acceptors (Lipinski definition) is 4. The van der Waals surface area contributed by atoms with Gasteiger partial charge in [0.1, 0.15) is 0 Å². The summed E-state index contributed by atoms with van der Waals surface area (Å²) in [6.07, 6.45) is 4.14. The van der Waals surface area contributed by atoms with Crippen molar-refractivity contribution in [3.63, 3.8) is 0 Å². The molecule has 0 bridgehead atoms. The van der Waals surface area contributed by atoms with Crippen LogP contribution in [-0.4, -0.2) is 18.1 Å². The second-order valence-corrected chi connectivity index (χ2v) is 4.82. The molecule has 0 aliphatic heterocycles. The predicted octanol–water partition coefficient (Wildman–Crippen LogP) is 2.27. The maximum atomic E-state index is 10.9. The largest absolute Gasteiger partial charge is 0.490 e. The van der Waals surface area contributed by atoms with Gasteiger partial charge in [0.05, 0.1) is 12.0 Å². The first-order valence-electron chi connectivity index (χ1n) is 6.18. The molecule has 2 unspecified atom stereocenters. The van der Waals surface area contributed by atoms with Crippen LogP contribution >= 0.6 is 0 Å². The van der Waals surface area contributed by atoms with Gasteiger partial charge in [-0.25, -0.2) is 0 Å². The lowest BCUT2D eigenvalue weighted by Gasteiger charge is -2.15. The molecule has 1 aliphatic rings. The van der Waals surface area contributed by atoms with E-state index in [1.807, 2.05) is 6.07 Å². The molecular weight excluding hydrogens is 232 g/mol. The first kappa shape index (κ1) is 12.8. The molecule has 2 rings (SSSR count). The molecule has 5 nitrogen and oxygen atoms in total. The molecule has 0 aromatic heterocycles. The number of nitrogens with zero attached hydrogens (tertiary/aromatic N) is 1. The molecule has 0 spiro atoms. The van der Waals surface area contributed by atoms with Crippen LogP contribution in [0.1, 0.15) is 24.8 Å². The van der Waals surface area contributed by atoms with Crippen molar-refractivity contribution in [1.82, 2.24) is 0 Å². The Balaban J connectivity index is 2.18. The fraction of sp³-hybridized carbons (Fsp3) is 0.538. The van der Waals surface area contributed by atoms with E-state index in [9.17, 15) is 10.1 Å². The normalized spacial score (nSPS) is 23.0. The molecule has 0 amide bonds. The molecule has 1 saturated carbocycles. The average Bonchev–Trinajstić information content (AvgIpc) is 2.75. The van der Waals surface area contributed by atoms with E-state index in [0.717, 1.165) is 31.2 Å². The number of benzene rings is 1. The van der Waals surface area contributed by atoms with Crippen molar-refractivity contribution >= 4 is 5.69 Å². The van der Waals surface area contributed by atoms with E-state index in [1.165, 1.54) is 7.11 Å². The lowest BCUT2D eigenvalue weighted by atomic mass is 9.95. The topological polar surface area (TPSA) is 78.4 Å². The second kappa shape index (κ2) is 5.35. The maximum Gasteiger partial charge on any atom is 0.311 e. The summed E-state index contributed by atoms with van der Waals surface area (Å²) in [6, 6.07) is 5.38. The van der Waals surface area contributed by atoms with Gasteiger partial charge in [0.25, 0.3) is 0 Å². The molecule has 98 valence electrons. The molecular formula is C13H18N2O3. The maximum absolute atomic E-state index is 10.9. The average molecular weight is 250 g/mol. The lowest BCUT2D eigenvalue weighted by Crippen LogP contribution is -2.25. The second-order valence-electron chi connectivity index (χ2n) is 4.82. The summed E-state index contributed by atoms with van der Waals surface area (Å²) in [5.74, 6) is 0.748. The smallest absolute Gasteiger partial charge is 0.311 e. The summed E-state index contributed by atoms with van der Waals surface area (Å²) >= 11 is 0. The highest BCUT2D eigenvalue weighted by atomic mass is 16.6. The Hall–Kier alpha value is -1.62. The number of nitro groups is 1. The highest BCUT2D eigenvalue weighted by Gasteiger charge is 2.25. The fourth-order valence-corrected chi connectivity index (χ4v) is 2.63. The third kappa shape index (κ3) is 2.61. The van der Waals surface area contributed by atoms with Gasteiger partial charge in [-0.15, -0.1) is 0 Å². The summed E-state index contributed by atoms with van der Waals surface area (Å²) < 4.78 is 4.99. The predicted molar refractivity (Wildman–Crippen MR) is 68.7 cm³/mol. The minimum Gasteiger partial charge on any atom is -0.490 e. The zero-order valence-electron chi connectivity index (χ0n) is 10.5. The quantitative estimate of drug-likeness (QED) is 0.656. The number of nitrogens with two attached hydrogens (primary N) is 1. The molecule has 18 heavy (non-hydrogen) atoms.